The molecule has 3 nitrogen and oxygen atoms in total. The summed E-state index contributed by atoms with van der Waals surface area (Å²) in [6, 6.07) is 7.95. The first-order valence-electron chi connectivity index (χ1n) is 6.49. The van der Waals surface area contributed by atoms with Crippen molar-refractivity contribution < 1.29 is 9.90 Å². The molecule has 0 bridgehead atoms. The van der Waals surface area contributed by atoms with Gasteiger partial charge in [0, 0.05) is 6.42 Å². The first-order chi connectivity index (χ1) is 8.54. The molecular weight excluding hydrogens is 226 g/mol. The molecule has 0 radical (unpaired) electrons. The van der Waals surface area contributed by atoms with Gasteiger partial charge in [0.05, 0.1) is 12.6 Å². The molecule has 1 aromatic carbocycles. The van der Waals surface area contributed by atoms with Crippen LogP contribution in [-0.4, -0.2) is 23.7 Å². The highest BCUT2D eigenvalue weighted by Crippen LogP contribution is 2.09. The number of nitrogens with one attached hydrogen (secondary N) is 1. The molecule has 1 amide bonds. The van der Waals surface area contributed by atoms with E-state index in [9.17, 15) is 4.79 Å². The second-order valence-electron chi connectivity index (χ2n) is 5.03. The van der Waals surface area contributed by atoms with Gasteiger partial charge in [-0.1, -0.05) is 38.1 Å². The van der Waals surface area contributed by atoms with Gasteiger partial charge in [-0.3, -0.25) is 4.79 Å². The van der Waals surface area contributed by atoms with E-state index in [4.69, 9.17) is 5.11 Å². The Morgan fingerprint density at radius 1 is 1.33 bits per heavy atom. The Hall–Kier alpha value is -1.35. The Kier molecular flexibility index (Phi) is 5.86. The molecule has 0 heterocycles. The second-order valence-corrected chi connectivity index (χ2v) is 5.03. The van der Waals surface area contributed by atoms with Gasteiger partial charge >= 0.3 is 0 Å². The fourth-order valence-corrected chi connectivity index (χ4v) is 1.84. The van der Waals surface area contributed by atoms with Crippen LogP contribution < -0.4 is 5.32 Å². The zero-order chi connectivity index (χ0) is 13.5. The summed E-state index contributed by atoms with van der Waals surface area (Å²) in [5.41, 5.74) is 2.42. The molecule has 0 unspecified atom stereocenters. The maximum atomic E-state index is 11.8. The van der Waals surface area contributed by atoms with Crippen LogP contribution in [0.25, 0.3) is 0 Å². The number of aryl methyl sites for hydroxylation is 2. The molecule has 0 aromatic heterocycles. The van der Waals surface area contributed by atoms with Gasteiger partial charge in [-0.15, -0.1) is 0 Å². The lowest BCUT2D eigenvalue weighted by atomic mass is 10.0. The predicted octanol–water partition coefficient (Wildman–Crippen LogP) is 2.06. The summed E-state index contributed by atoms with van der Waals surface area (Å²) in [7, 11) is 0. The average Bonchev–Trinajstić information content (AvgIpc) is 2.34. The molecule has 0 aliphatic carbocycles. The minimum Gasteiger partial charge on any atom is -0.394 e. The molecule has 2 N–H and O–H groups in total. The number of hydrogen-bond donors (Lipinski definition) is 2. The fraction of sp³-hybridized carbons (Fsp3) is 0.533. The van der Waals surface area contributed by atoms with Crippen LogP contribution >= 0.6 is 0 Å². The maximum absolute atomic E-state index is 11.8. The number of hydrogen-bond acceptors (Lipinski definition) is 2. The number of aliphatic hydroxyl groups is 1. The molecule has 0 saturated heterocycles. The van der Waals surface area contributed by atoms with E-state index in [1.807, 2.05) is 26.0 Å². The van der Waals surface area contributed by atoms with E-state index >= 15 is 0 Å². The molecule has 3 heteroatoms. The first-order valence-corrected chi connectivity index (χ1v) is 6.49. The van der Waals surface area contributed by atoms with Gasteiger partial charge in [0.15, 0.2) is 0 Å². The van der Waals surface area contributed by atoms with Gasteiger partial charge in [-0.05, 0) is 30.4 Å². The summed E-state index contributed by atoms with van der Waals surface area (Å²) in [5.74, 6) is 0.253. The highest BCUT2D eigenvalue weighted by Gasteiger charge is 2.14. The number of carbonyl (C=O) groups is 1. The Morgan fingerprint density at radius 3 is 2.56 bits per heavy atom. The monoisotopic (exact) mass is 249 g/mol. The third-order valence-corrected chi connectivity index (χ3v) is 3.23. The Bertz CT molecular complexity index is 388. The molecule has 1 aromatic rings. The molecule has 100 valence electrons. The minimum absolute atomic E-state index is 0.00556. The van der Waals surface area contributed by atoms with Crippen LogP contribution in [0.3, 0.4) is 0 Å². The number of rotatable bonds is 6. The summed E-state index contributed by atoms with van der Waals surface area (Å²) < 4.78 is 0. The lowest BCUT2D eigenvalue weighted by Gasteiger charge is -2.19. The fourth-order valence-electron chi connectivity index (χ4n) is 1.84. The molecule has 1 atom stereocenters. The lowest BCUT2D eigenvalue weighted by molar-refractivity contribution is -0.122. The lowest BCUT2D eigenvalue weighted by Crippen LogP contribution is -2.41. The topological polar surface area (TPSA) is 49.3 Å². The number of benzene rings is 1. The molecule has 0 aliphatic heterocycles. The summed E-state index contributed by atoms with van der Waals surface area (Å²) in [6.07, 6.45) is 1.21. The summed E-state index contributed by atoms with van der Waals surface area (Å²) in [5, 5.41) is 12.0. The van der Waals surface area contributed by atoms with E-state index in [0.29, 0.717) is 6.42 Å². The van der Waals surface area contributed by atoms with Crippen molar-refractivity contribution in [3.05, 3.63) is 35.4 Å². The SMILES string of the molecule is Cc1ccccc1CCC(=O)N[C@H](CO)C(C)C. The van der Waals surface area contributed by atoms with Gasteiger partial charge in [0.25, 0.3) is 0 Å². The molecule has 0 aliphatic rings. The Balaban J connectivity index is 2.44. The maximum Gasteiger partial charge on any atom is 0.220 e. The highest BCUT2D eigenvalue weighted by molar-refractivity contribution is 5.76. The van der Waals surface area contributed by atoms with E-state index in [1.54, 1.807) is 0 Å². The molecule has 1 rings (SSSR count). The number of aliphatic hydroxyl groups excluding tert-OH is 1. The third kappa shape index (κ3) is 4.49. The van der Waals surface area contributed by atoms with E-state index in [2.05, 4.69) is 24.4 Å². The number of amides is 1. The van der Waals surface area contributed by atoms with Crippen molar-refractivity contribution in [1.29, 1.82) is 0 Å². The van der Waals surface area contributed by atoms with Crippen molar-refractivity contribution in [1.82, 2.24) is 5.32 Å². The Morgan fingerprint density at radius 2 is 2.00 bits per heavy atom. The second kappa shape index (κ2) is 7.17. The number of carbonyl (C=O) groups excluding carboxylic acids is 1. The normalized spacial score (nSPS) is 12.5. The van der Waals surface area contributed by atoms with Crippen molar-refractivity contribution in [2.75, 3.05) is 6.61 Å². The van der Waals surface area contributed by atoms with Crippen LogP contribution in [0.4, 0.5) is 0 Å². The van der Waals surface area contributed by atoms with Crippen LogP contribution in [0.2, 0.25) is 0 Å². The van der Waals surface area contributed by atoms with Gasteiger partial charge in [-0.2, -0.15) is 0 Å². The first kappa shape index (κ1) is 14.7. The predicted molar refractivity (Wildman–Crippen MR) is 73.4 cm³/mol. The molecule has 18 heavy (non-hydrogen) atoms. The summed E-state index contributed by atoms with van der Waals surface area (Å²) >= 11 is 0. The van der Waals surface area contributed by atoms with Crippen molar-refractivity contribution in [3.8, 4) is 0 Å². The smallest absolute Gasteiger partial charge is 0.220 e. The van der Waals surface area contributed by atoms with Gasteiger partial charge < -0.3 is 10.4 Å². The van der Waals surface area contributed by atoms with Crippen LogP contribution in [0, 0.1) is 12.8 Å². The zero-order valence-corrected chi connectivity index (χ0v) is 11.4. The van der Waals surface area contributed by atoms with E-state index in [-0.39, 0.29) is 24.5 Å². The third-order valence-electron chi connectivity index (χ3n) is 3.23. The largest absolute Gasteiger partial charge is 0.394 e. The van der Waals surface area contributed by atoms with Crippen molar-refractivity contribution >= 4 is 5.91 Å². The van der Waals surface area contributed by atoms with Gasteiger partial charge in [0.2, 0.25) is 5.91 Å². The molecular formula is C15H23NO2. The van der Waals surface area contributed by atoms with Crippen LogP contribution in [-0.2, 0) is 11.2 Å². The quantitative estimate of drug-likeness (QED) is 0.810. The van der Waals surface area contributed by atoms with E-state index < -0.39 is 0 Å². The standard InChI is InChI=1S/C15H23NO2/c1-11(2)14(10-17)16-15(18)9-8-13-7-5-4-6-12(13)3/h4-7,11,14,17H,8-10H2,1-3H3,(H,16,18)/t14-/m1/s1. The molecule has 0 fully saturated rings. The highest BCUT2D eigenvalue weighted by atomic mass is 16.3. The van der Waals surface area contributed by atoms with Crippen LogP contribution in [0.5, 0.6) is 0 Å². The van der Waals surface area contributed by atoms with E-state index in [0.717, 1.165) is 6.42 Å². The van der Waals surface area contributed by atoms with E-state index in [1.165, 1.54) is 11.1 Å². The molecule has 0 spiro atoms. The van der Waals surface area contributed by atoms with Crippen molar-refractivity contribution in [2.24, 2.45) is 5.92 Å². The minimum atomic E-state index is -0.144. The molecule has 0 saturated carbocycles. The van der Waals surface area contributed by atoms with Gasteiger partial charge in [0.1, 0.15) is 0 Å². The van der Waals surface area contributed by atoms with Crippen LogP contribution in [0.15, 0.2) is 24.3 Å². The van der Waals surface area contributed by atoms with Crippen molar-refractivity contribution in [3.63, 3.8) is 0 Å². The Labute approximate surface area is 109 Å². The average molecular weight is 249 g/mol. The van der Waals surface area contributed by atoms with Gasteiger partial charge in [-0.25, -0.2) is 0 Å². The van der Waals surface area contributed by atoms with Crippen molar-refractivity contribution in [2.45, 2.75) is 39.7 Å². The zero-order valence-electron chi connectivity index (χ0n) is 11.4. The summed E-state index contributed by atoms with van der Waals surface area (Å²) in [6.45, 7) is 6.02. The van der Waals surface area contributed by atoms with Crippen LogP contribution in [0.1, 0.15) is 31.4 Å². The summed E-state index contributed by atoms with van der Waals surface area (Å²) in [4.78, 5) is 11.8.